The van der Waals surface area contributed by atoms with Gasteiger partial charge in [-0.3, -0.25) is 0 Å². The maximum absolute atomic E-state index is 12.4. The Morgan fingerprint density at radius 1 is 1.39 bits per heavy atom. The lowest BCUT2D eigenvalue weighted by Gasteiger charge is -2.09. The van der Waals surface area contributed by atoms with E-state index in [1.54, 1.807) is 0 Å². The first-order valence-corrected chi connectivity index (χ1v) is 6.68. The number of nitrogens with zero attached hydrogens (tertiary/aromatic N) is 2. The molecule has 0 fully saturated rings. The van der Waals surface area contributed by atoms with Gasteiger partial charge in [0.1, 0.15) is 11.8 Å². The van der Waals surface area contributed by atoms with Crippen molar-refractivity contribution in [3.05, 3.63) is 23.4 Å². The van der Waals surface area contributed by atoms with Crippen LogP contribution in [0.3, 0.4) is 0 Å². The number of pyridine rings is 1. The molecule has 0 unspecified atom stereocenters. The van der Waals surface area contributed by atoms with E-state index < -0.39 is 38.0 Å². The topological polar surface area (TPSA) is 70.8 Å². The molecule has 9 heteroatoms. The maximum atomic E-state index is 12.4. The molecular formula is C9H6ClF3N2O2S. The molecule has 1 heterocycles. The van der Waals surface area contributed by atoms with Crippen LogP contribution in [0.5, 0.6) is 0 Å². The first kappa shape index (κ1) is 14.7. The van der Waals surface area contributed by atoms with E-state index >= 15 is 0 Å². The third-order valence-electron chi connectivity index (χ3n) is 1.91. The number of alkyl halides is 4. The molecule has 0 saturated carbocycles. The number of aromatic nitrogens is 1. The van der Waals surface area contributed by atoms with E-state index in [2.05, 4.69) is 4.98 Å². The summed E-state index contributed by atoms with van der Waals surface area (Å²) in [5, 5.41) is 7.79. The lowest BCUT2D eigenvalue weighted by Crippen LogP contribution is -2.16. The second-order valence-electron chi connectivity index (χ2n) is 3.17. The minimum atomic E-state index is -4.78. The molecule has 1 aromatic heterocycles. The Hall–Kier alpha value is -1.33. The van der Waals surface area contributed by atoms with Crippen molar-refractivity contribution in [3.63, 3.8) is 0 Å². The van der Waals surface area contributed by atoms with Crippen LogP contribution in [-0.4, -0.2) is 25.0 Å². The van der Waals surface area contributed by atoms with E-state index in [1.165, 1.54) is 6.07 Å². The average Bonchev–Trinajstić information content (AvgIpc) is 2.27. The summed E-state index contributed by atoms with van der Waals surface area (Å²) in [5.74, 6) is -0.886. The molecule has 98 valence electrons. The molecule has 4 nitrogen and oxygen atoms in total. The van der Waals surface area contributed by atoms with Crippen molar-refractivity contribution >= 4 is 21.4 Å². The highest BCUT2D eigenvalue weighted by molar-refractivity contribution is 7.91. The van der Waals surface area contributed by atoms with Gasteiger partial charge in [0, 0.05) is 5.88 Å². The molecular weight excluding hydrogens is 293 g/mol. The molecule has 18 heavy (non-hydrogen) atoms. The highest BCUT2D eigenvalue weighted by atomic mass is 35.5. The van der Waals surface area contributed by atoms with Crippen molar-refractivity contribution in [1.82, 2.24) is 4.98 Å². The zero-order valence-corrected chi connectivity index (χ0v) is 10.3. The quantitative estimate of drug-likeness (QED) is 0.800. The minimum absolute atomic E-state index is 0.300. The lowest BCUT2D eigenvalue weighted by atomic mass is 10.2. The van der Waals surface area contributed by atoms with E-state index in [1.807, 2.05) is 0 Å². The molecule has 0 amide bonds. The SMILES string of the molecule is N#Cc1ccc(C(F)(F)F)nc1S(=O)(=O)CCCl. The summed E-state index contributed by atoms with van der Waals surface area (Å²) in [5.41, 5.74) is -1.80. The first-order valence-electron chi connectivity index (χ1n) is 4.49. The Kier molecular flexibility index (Phi) is 4.19. The van der Waals surface area contributed by atoms with Crippen molar-refractivity contribution in [2.45, 2.75) is 11.2 Å². The van der Waals surface area contributed by atoms with Gasteiger partial charge in [0.15, 0.2) is 14.9 Å². The summed E-state index contributed by atoms with van der Waals surface area (Å²) in [6.45, 7) is 0. The van der Waals surface area contributed by atoms with Crippen molar-refractivity contribution in [2.75, 3.05) is 11.6 Å². The van der Waals surface area contributed by atoms with Crippen LogP contribution in [-0.2, 0) is 16.0 Å². The van der Waals surface area contributed by atoms with Crippen molar-refractivity contribution in [1.29, 1.82) is 5.26 Å². The number of hydrogen-bond donors (Lipinski definition) is 0. The molecule has 0 aliphatic carbocycles. The normalized spacial score (nSPS) is 12.2. The Bertz CT molecular complexity index is 593. The van der Waals surface area contributed by atoms with E-state index in [0.717, 1.165) is 6.07 Å². The van der Waals surface area contributed by atoms with Gasteiger partial charge in [0.25, 0.3) is 0 Å². The van der Waals surface area contributed by atoms with Crippen LogP contribution in [0.1, 0.15) is 11.3 Å². The molecule has 0 spiro atoms. The molecule has 0 atom stereocenters. The van der Waals surface area contributed by atoms with Crippen molar-refractivity contribution in [2.24, 2.45) is 0 Å². The minimum Gasteiger partial charge on any atom is -0.230 e. The highest BCUT2D eigenvalue weighted by Gasteiger charge is 2.34. The summed E-state index contributed by atoms with van der Waals surface area (Å²) < 4.78 is 60.5. The largest absolute Gasteiger partial charge is 0.433 e. The summed E-state index contributed by atoms with van der Waals surface area (Å²) >= 11 is 5.25. The van der Waals surface area contributed by atoms with Crippen LogP contribution >= 0.6 is 11.6 Å². The summed E-state index contributed by atoms with van der Waals surface area (Å²) in [6, 6.07) is 2.82. The van der Waals surface area contributed by atoms with E-state index in [4.69, 9.17) is 16.9 Å². The van der Waals surface area contributed by atoms with Crippen LogP contribution < -0.4 is 0 Å². The Morgan fingerprint density at radius 3 is 2.44 bits per heavy atom. The van der Waals surface area contributed by atoms with Crippen LogP contribution in [0.25, 0.3) is 0 Å². The molecule has 1 aromatic rings. The van der Waals surface area contributed by atoms with Gasteiger partial charge in [-0.25, -0.2) is 13.4 Å². The van der Waals surface area contributed by atoms with Crippen LogP contribution in [0.15, 0.2) is 17.2 Å². The molecule has 0 aromatic carbocycles. The van der Waals surface area contributed by atoms with Crippen molar-refractivity contribution in [3.8, 4) is 6.07 Å². The Morgan fingerprint density at radius 2 is 2.00 bits per heavy atom. The fourth-order valence-electron chi connectivity index (χ4n) is 1.12. The Labute approximate surface area is 106 Å². The molecule has 0 N–H and O–H groups in total. The standard InChI is InChI=1S/C9H6ClF3N2O2S/c10-3-4-18(16,17)8-6(5-14)1-2-7(15-8)9(11,12)13/h1-2H,3-4H2. The maximum Gasteiger partial charge on any atom is 0.433 e. The van der Waals surface area contributed by atoms with Gasteiger partial charge in [0.05, 0.1) is 11.3 Å². The van der Waals surface area contributed by atoms with Gasteiger partial charge in [-0.15, -0.1) is 11.6 Å². The second-order valence-corrected chi connectivity index (χ2v) is 5.57. The molecule has 1 rings (SSSR count). The van der Waals surface area contributed by atoms with E-state index in [0.29, 0.717) is 6.07 Å². The van der Waals surface area contributed by atoms with E-state index in [-0.39, 0.29) is 5.88 Å². The average molecular weight is 299 g/mol. The summed E-state index contributed by atoms with van der Waals surface area (Å²) in [6.07, 6.45) is -4.78. The fraction of sp³-hybridized carbons (Fsp3) is 0.333. The van der Waals surface area contributed by atoms with Crippen LogP contribution in [0.4, 0.5) is 13.2 Å². The lowest BCUT2D eigenvalue weighted by molar-refractivity contribution is -0.141. The third-order valence-corrected chi connectivity index (χ3v) is 3.97. The van der Waals surface area contributed by atoms with Gasteiger partial charge in [-0.1, -0.05) is 0 Å². The van der Waals surface area contributed by atoms with Crippen LogP contribution in [0.2, 0.25) is 0 Å². The highest BCUT2D eigenvalue weighted by Crippen LogP contribution is 2.29. The number of hydrogen-bond acceptors (Lipinski definition) is 4. The first-order chi connectivity index (χ1) is 8.22. The number of nitriles is 1. The van der Waals surface area contributed by atoms with Gasteiger partial charge in [-0.2, -0.15) is 18.4 Å². The van der Waals surface area contributed by atoms with Gasteiger partial charge in [-0.05, 0) is 12.1 Å². The number of halogens is 4. The Balaban J connectivity index is 3.47. The second kappa shape index (κ2) is 5.12. The zero-order chi connectivity index (χ0) is 14.0. The molecule has 0 aliphatic rings. The fourth-order valence-corrected chi connectivity index (χ4v) is 2.81. The zero-order valence-electron chi connectivity index (χ0n) is 8.70. The molecule has 0 aliphatic heterocycles. The smallest absolute Gasteiger partial charge is 0.230 e. The van der Waals surface area contributed by atoms with Gasteiger partial charge < -0.3 is 0 Å². The van der Waals surface area contributed by atoms with Gasteiger partial charge >= 0.3 is 6.18 Å². The molecule has 0 saturated heterocycles. The van der Waals surface area contributed by atoms with Crippen molar-refractivity contribution < 1.29 is 21.6 Å². The number of sulfone groups is 1. The predicted molar refractivity (Wildman–Crippen MR) is 56.7 cm³/mol. The summed E-state index contributed by atoms with van der Waals surface area (Å²) in [4.78, 5) is 3.01. The summed E-state index contributed by atoms with van der Waals surface area (Å²) in [7, 11) is -4.10. The number of rotatable bonds is 3. The predicted octanol–water partition coefficient (Wildman–Crippen LogP) is 1.98. The monoisotopic (exact) mass is 298 g/mol. The van der Waals surface area contributed by atoms with Gasteiger partial charge in [0.2, 0.25) is 0 Å². The molecule has 0 bridgehead atoms. The van der Waals surface area contributed by atoms with E-state index in [9.17, 15) is 21.6 Å². The molecule has 0 radical (unpaired) electrons. The van der Waals surface area contributed by atoms with Crippen LogP contribution in [0, 0.1) is 11.3 Å². The third kappa shape index (κ3) is 3.11.